The Morgan fingerprint density at radius 1 is 1.25 bits per heavy atom. The Kier molecular flexibility index (Phi) is 4.66. The van der Waals surface area contributed by atoms with Crippen LogP contribution in [-0.4, -0.2) is 33.3 Å². The summed E-state index contributed by atoms with van der Waals surface area (Å²) in [5.74, 6) is 0.335. The predicted octanol–water partition coefficient (Wildman–Crippen LogP) is 3.11. The van der Waals surface area contributed by atoms with Crippen molar-refractivity contribution in [3.05, 3.63) is 52.0 Å². The average Bonchev–Trinajstić information content (AvgIpc) is 3.01. The van der Waals surface area contributed by atoms with Gasteiger partial charge in [0.25, 0.3) is 10.0 Å². The summed E-state index contributed by atoms with van der Waals surface area (Å²) >= 11 is 12.4. The number of halogens is 2. The first-order valence-electron chi connectivity index (χ1n) is 7.18. The van der Waals surface area contributed by atoms with Gasteiger partial charge in [-0.2, -0.15) is 0 Å². The van der Waals surface area contributed by atoms with Crippen LogP contribution in [0.4, 0.5) is 5.69 Å². The van der Waals surface area contributed by atoms with Crippen molar-refractivity contribution in [1.29, 1.82) is 0 Å². The van der Waals surface area contributed by atoms with Crippen LogP contribution in [0.3, 0.4) is 0 Å². The lowest BCUT2D eigenvalue weighted by Crippen LogP contribution is -2.27. The third kappa shape index (κ3) is 2.84. The van der Waals surface area contributed by atoms with E-state index < -0.39 is 16.1 Å². The highest BCUT2D eigenvalue weighted by atomic mass is 35.5. The number of sulfonamides is 1. The van der Waals surface area contributed by atoms with Crippen molar-refractivity contribution in [2.45, 2.75) is 17.4 Å². The van der Waals surface area contributed by atoms with Crippen LogP contribution < -0.4 is 9.04 Å². The lowest BCUT2D eigenvalue weighted by atomic mass is 10.1. The standard InChI is InChI=1S/C16H15Cl2NO4S/c1-19(11-5-3-2-4-6-11)24(21,22)13-8-10-7-12(9-20)23-16(10)15(18)14(13)17/h2-6,8,12,20H,7,9H2,1H3. The molecule has 2 aromatic rings. The predicted molar refractivity (Wildman–Crippen MR) is 93.7 cm³/mol. The molecule has 0 aliphatic carbocycles. The van der Waals surface area contributed by atoms with Gasteiger partial charge in [-0.25, -0.2) is 8.42 Å². The SMILES string of the molecule is CN(c1ccccc1)S(=O)(=O)c1cc2c(c(Cl)c1Cl)OC(CO)C2. The summed E-state index contributed by atoms with van der Waals surface area (Å²) in [6.07, 6.45) is -0.0707. The van der Waals surface area contributed by atoms with Crippen LogP contribution in [0.5, 0.6) is 5.75 Å². The van der Waals surface area contributed by atoms with Crippen molar-refractivity contribution < 1.29 is 18.3 Å². The number of nitrogens with zero attached hydrogens (tertiary/aromatic N) is 1. The largest absolute Gasteiger partial charge is 0.486 e. The van der Waals surface area contributed by atoms with Crippen molar-refractivity contribution in [1.82, 2.24) is 0 Å². The van der Waals surface area contributed by atoms with Gasteiger partial charge in [-0.1, -0.05) is 41.4 Å². The molecule has 1 heterocycles. The second kappa shape index (κ2) is 6.44. The van der Waals surface area contributed by atoms with Gasteiger partial charge in [0, 0.05) is 19.0 Å². The average molecular weight is 388 g/mol. The number of hydrogen-bond donors (Lipinski definition) is 1. The molecule has 1 aliphatic rings. The van der Waals surface area contributed by atoms with Gasteiger partial charge in [0.2, 0.25) is 0 Å². The molecule has 24 heavy (non-hydrogen) atoms. The lowest BCUT2D eigenvalue weighted by molar-refractivity contribution is 0.134. The first-order valence-corrected chi connectivity index (χ1v) is 9.38. The van der Waals surface area contributed by atoms with Crippen LogP contribution in [-0.2, 0) is 16.4 Å². The first-order chi connectivity index (χ1) is 11.4. The Bertz CT molecular complexity index is 871. The Hall–Kier alpha value is -1.47. The molecule has 0 amide bonds. The van der Waals surface area contributed by atoms with Gasteiger partial charge < -0.3 is 9.84 Å². The molecule has 0 fully saturated rings. The number of aliphatic hydroxyl groups excluding tert-OH is 1. The van der Waals surface area contributed by atoms with Crippen molar-refractivity contribution in [3.63, 3.8) is 0 Å². The molecule has 2 aromatic carbocycles. The molecule has 0 aromatic heterocycles. The zero-order valence-corrected chi connectivity index (χ0v) is 15.1. The van der Waals surface area contributed by atoms with E-state index in [2.05, 4.69) is 0 Å². The first kappa shape index (κ1) is 17.4. The van der Waals surface area contributed by atoms with E-state index in [9.17, 15) is 13.5 Å². The molecule has 1 atom stereocenters. The molecule has 0 radical (unpaired) electrons. The summed E-state index contributed by atoms with van der Waals surface area (Å²) in [6, 6.07) is 10.1. The van der Waals surface area contributed by atoms with E-state index in [0.717, 1.165) is 4.31 Å². The summed E-state index contributed by atoms with van der Waals surface area (Å²) in [5, 5.41) is 9.20. The molecule has 1 unspecified atom stereocenters. The zero-order chi connectivity index (χ0) is 17.5. The van der Waals surface area contributed by atoms with E-state index in [-0.39, 0.29) is 21.5 Å². The molecule has 1 N–H and O–H groups in total. The third-order valence-corrected chi connectivity index (χ3v) is 6.67. The van der Waals surface area contributed by atoms with Crippen molar-refractivity contribution >= 4 is 38.9 Å². The molecule has 0 spiro atoms. The molecule has 0 bridgehead atoms. The zero-order valence-electron chi connectivity index (χ0n) is 12.7. The monoisotopic (exact) mass is 387 g/mol. The van der Waals surface area contributed by atoms with Crippen LogP contribution in [0.25, 0.3) is 0 Å². The van der Waals surface area contributed by atoms with Gasteiger partial charge in [0.15, 0.2) is 0 Å². The van der Waals surface area contributed by atoms with E-state index in [1.807, 2.05) is 0 Å². The van der Waals surface area contributed by atoms with Crippen LogP contribution in [0.1, 0.15) is 5.56 Å². The minimum Gasteiger partial charge on any atom is -0.486 e. The summed E-state index contributed by atoms with van der Waals surface area (Å²) in [7, 11) is -2.44. The third-order valence-electron chi connectivity index (χ3n) is 3.90. The van der Waals surface area contributed by atoms with Crippen LogP contribution in [0.2, 0.25) is 10.0 Å². The van der Waals surface area contributed by atoms with E-state index >= 15 is 0 Å². The maximum atomic E-state index is 12.9. The maximum absolute atomic E-state index is 12.9. The Morgan fingerprint density at radius 2 is 1.92 bits per heavy atom. The normalized spacial score (nSPS) is 16.6. The van der Waals surface area contributed by atoms with Gasteiger partial charge in [-0.05, 0) is 18.2 Å². The number of benzene rings is 2. The summed E-state index contributed by atoms with van der Waals surface area (Å²) < 4.78 is 32.6. The van der Waals surface area contributed by atoms with Gasteiger partial charge in [0.05, 0.1) is 17.3 Å². The highest BCUT2D eigenvalue weighted by Gasteiger charge is 2.32. The van der Waals surface area contributed by atoms with E-state index in [1.54, 1.807) is 30.3 Å². The number of rotatable bonds is 4. The van der Waals surface area contributed by atoms with E-state index in [1.165, 1.54) is 13.1 Å². The lowest BCUT2D eigenvalue weighted by Gasteiger charge is -2.21. The minimum absolute atomic E-state index is 0.0464. The molecule has 3 rings (SSSR count). The summed E-state index contributed by atoms with van der Waals surface area (Å²) in [6.45, 7) is -0.186. The van der Waals surface area contributed by atoms with Gasteiger partial charge in [-0.15, -0.1) is 0 Å². The molecular weight excluding hydrogens is 373 g/mol. The Labute approximate surface area is 150 Å². The number of hydrogen-bond acceptors (Lipinski definition) is 4. The summed E-state index contributed by atoms with van der Waals surface area (Å²) in [5.41, 5.74) is 1.12. The fourth-order valence-electron chi connectivity index (χ4n) is 2.58. The molecule has 1 aliphatic heterocycles. The number of ether oxygens (including phenoxy) is 1. The Morgan fingerprint density at radius 3 is 2.54 bits per heavy atom. The number of para-hydroxylation sites is 1. The van der Waals surface area contributed by atoms with Gasteiger partial charge >= 0.3 is 0 Å². The fraction of sp³-hybridized carbons (Fsp3) is 0.250. The fourth-order valence-corrected chi connectivity index (χ4v) is 4.65. The molecule has 0 saturated carbocycles. The van der Waals surface area contributed by atoms with Crippen LogP contribution in [0, 0.1) is 0 Å². The quantitative estimate of drug-likeness (QED) is 0.874. The van der Waals surface area contributed by atoms with Crippen molar-refractivity contribution in [2.75, 3.05) is 18.0 Å². The topological polar surface area (TPSA) is 66.8 Å². The molecule has 0 saturated heterocycles. The maximum Gasteiger partial charge on any atom is 0.265 e. The molecule has 5 nitrogen and oxygen atoms in total. The second-order valence-electron chi connectivity index (χ2n) is 5.43. The Balaban J connectivity index is 2.08. The number of anilines is 1. The highest BCUT2D eigenvalue weighted by molar-refractivity contribution is 7.93. The van der Waals surface area contributed by atoms with Crippen molar-refractivity contribution in [3.8, 4) is 5.75 Å². The smallest absolute Gasteiger partial charge is 0.265 e. The minimum atomic E-state index is -3.89. The van der Waals surface area contributed by atoms with Crippen molar-refractivity contribution in [2.24, 2.45) is 0 Å². The summed E-state index contributed by atoms with van der Waals surface area (Å²) in [4.78, 5) is -0.0820. The molecule has 8 heteroatoms. The van der Waals surface area contributed by atoms with Crippen LogP contribution >= 0.6 is 23.2 Å². The van der Waals surface area contributed by atoms with E-state index in [0.29, 0.717) is 23.4 Å². The second-order valence-corrected chi connectivity index (χ2v) is 8.12. The highest BCUT2D eigenvalue weighted by Crippen LogP contribution is 2.44. The number of fused-ring (bicyclic) bond motifs is 1. The molecular formula is C16H15Cl2NO4S. The van der Waals surface area contributed by atoms with Gasteiger partial charge in [-0.3, -0.25) is 4.31 Å². The van der Waals surface area contributed by atoms with Gasteiger partial charge in [0.1, 0.15) is 21.8 Å². The number of aliphatic hydroxyl groups is 1. The van der Waals surface area contributed by atoms with Crippen LogP contribution in [0.15, 0.2) is 41.3 Å². The van der Waals surface area contributed by atoms with E-state index in [4.69, 9.17) is 27.9 Å². The molecule has 128 valence electrons.